The number of rotatable bonds is 7. The van der Waals surface area contributed by atoms with Gasteiger partial charge in [0, 0.05) is 24.3 Å². The highest BCUT2D eigenvalue weighted by molar-refractivity contribution is 7.92. The van der Waals surface area contributed by atoms with Gasteiger partial charge in [0.15, 0.2) is 0 Å². The Bertz CT molecular complexity index is 1050. The van der Waals surface area contributed by atoms with E-state index >= 15 is 0 Å². The molecule has 0 spiro atoms. The lowest BCUT2D eigenvalue weighted by Gasteiger charge is -2.24. The molecule has 0 saturated carbocycles. The Labute approximate surface area is 183 Å². The number of likely N-dealkylation sites (tertiary alicyclic amines) is 1. The van der Waals surface area contributed by atoms with Crippen LogP contribution in [0.4, 0.5) is 5.69 Å². The van der Waals surface area contributed by atoms with Crippen molar-refractivity contribution >= 4 is 27.5 Å². The molecular weight excluding hydrogens is 414 g/mol. The largest absolute Gasteiger partial charge is 0.354 e. The second-order valence-electron chi connectivity index (χ2n) is 8.29. The standard InChI is InChI=1S/C23H29N3O4S/c1-16(2)15-24-22(27)21-8-5-13-26(21)23(28)18-6-4-7-19(14-18)25-31(29,30)20-11-9-17(3)10-12-20/h4,6-7,9-12,14,16,21,25H,5,8,13,15H2,1-3H3,(H,24,27)/t21-/m0/s1. The van der Waals surface area contributed by atoms with Gasteiger partial charge in [0.05, 0.1) is 4.90 Å². The quantitative estimate of drug-likeness (QED) is 0.687. The molecule has 2 N–H and O–H groups in total. The second-order valence-corrected chi connectivity index (χ2v) is 9.98. The number of amides is 2. The molecule has 1 aliphatic heterocycles. The van der Waals surface area contributed by atoms with Gasteiger partial charge in [-0.15, -0.1) is 0 Å². The van der Waals surface area contributed by atoms with E-state index < -0.39 is 16.1 Å². The van der Waals surface area contributed by atoms with Crippen molar-refractivity contribution in [1.29, 1.82) is 0 Å². The molecule has 0 aliphatic carbocycles. The van der Waals surface area contributed by atoms with E-state index in [1.165, 1.54) is 18.2 Å². The number of benzene rings is 2. The molecule has 1 atom stereocenters. The van der Waals surface area contributed by atoms with Crippen molar-refractivity contribution in [2.24, 2.45) is 5.92 Å². The summed E-state index contributed by atoms with van der Waals surface area (Å²) in [6, 6.07) is 12.4. The summed E-state index contributed by atoms with van der Waals surface area (Å²) in [4.78, 5) is 27.4. The average Bonchev–Trinajstić information content (AvgIpc) is 3.21. The second kappa shape index (κ2) is 9.51. The van der Waals surface area contributed by atoms with E-state index in [2.05, 4.69) is 10.0 Å². The Kier molecular flexibility index (Phi) is 7.00. The summed E-state index contributed by atoms with van der Waals surface area (Å²) >= 11 is 0. The lowest BCUT2D eigenvalue weighted by Crippen LogP contribution is -2.46. The van der Waals surface area contributed by atoms with E-state index in [-0.39, 0.29) is 16.7 Å². The zero-order chi connectivity index (χ0) is 22.6. The van der Waals surface area contributed by atoms with E-state index in [9.17, 15) is 18.0 Å². The van der Waals surface area contributed by atoms with Crippen LogP contribution in [0.5, 0.6) is 0 Å². The lowest BCUT2D eigenvalue weighted by atomic mass is 10.1. The summed E-state index contributed by atoms with van der Waals surface area (Å²) < 4.78 is 27.8. The third-order valence-corrected chi connectivity index (χ3v) is 6.59. The molecule has 2 aromatic rings. The summed E-state index contributed by atoms with van der Waals surface area (Å²) in [5.41, 5.74) is 1.60. The molecule has 2 aromatic carbocycles. The van der Waals surface area contributed by atoms with Gasteiger partial charge < -0.3 is 10.2 Å². The van der Waals surface area contributed by atoms with E-state index in [0.29, 0.717) is 36.7 Å². The van der Waals surface area contributed by atoms with Crippen LogP contribution in [0.2, 0.25) is 0 Å². The number of carbonyl (C=O) groups is 2. The minimum Gasteiger partial charge on any atom is -0.354 e. The number of hydrogen-bond acceptors (Lipinski definition) is 4. The number of anilines is 1. The van der Waals surface area contributed by atoms with Crippen molar-refractivity contribution < 1.29 is 18.0 Å². The SMILES string of the molecule is Cc1ccc(S(=O)(=O)Nc2cccc(C(=O)N3CCC[C@H]3C(=O)NCC(C)C)c2)cc1. The maximum Gasteiger partial charge on any atom is 0.261 e. The molecule has 2 amide bonds. The minimum atomic E-state index is -3.77. The first-order valence-corrected chi connectivity index (χ1v) is 11.9. The first-order valence-electron chi connectivity index (χ1n) is 10.5. The van der Waals surface area contributed by atoms with Crippen LogP contribution in [0.25, 0.3) is 0 Å². The number of sulfonamides is 1. The highest BCUT2D eigenvalue weighted by Gasteiger charge is 2.34. The van der Waals surface area contributed by atoms with Crippen molar-refractivity contribution in [3.63, 3.8) is 0 Å². The van der Waals surface area contributed by atoms with E-state index in [1.807, 2.05) is 20.8 Å². The first-order chi connectivity index (χ1) is 14.7. The number of aryl methyl sites for hydroxylation is 1. The molecule has 0 unspecified atom stereocenters. The van der Waals surface area contributed by atoms with Crippen molar-refractivity contribution in [2.75, 3.05) is 17.8 Å². The molecule has 7 nitrogen and oxygen atoms in total. The van der Waals surface area contributed by atoms with Crippen molar-refractivity contribution in [1.82, 2.24) is 10.2 Å². The summed E-state index contributed by atoms with van der Waals surface area (Å²) in [5, 5.41) is 2.90. The van der Waals surface area contributed by atoms with Crippen LogP contribution in [-0.4, -0.2) is 44.3 Å². The van der Waals surface area contributed by atoms with Gasteiger partial charge in [-0.05, 0) is 56.0 Å². The van der Waals surface area contributed by atoms with Gasteiger partial charge in [-0.2, -0.15) is 0 Å². The monoisotopic (exact) mass is 443 g/mol. The van der Waals surface area contributed by atoms with Crippen LogP contribution < -0.4 is 10.0 Å². The predicted octanol–water partition coefficient (Wildman–Crippen LogP) is 3.17. The summed E-state index contributed by atoms with van der Waals surface area (Å²) in [6.45, 7) is 6.97. The van der Waals surface area contributed by atoms with Gasteiger partial charge in [-0.3, -0.25) is 14.3 Å². The molecule has 8 heteroatoms. The Morgan fingerprint density at radius 2 is 1.84 bits per heavy atom. The van der Waals surface area contributed by atoms with Crippen LogP contribution in [0.1, 0.15) is 42.6 Å². The van der Waals surface area contributed by atoms with Crippen LogP contribution in [0.15, 0.2) is 53.4 Å². The third-order valence-electron chi connectivity index (χ3n) is 5.19. The highest BCUT2D eigenvalue weighted by atomic mass is 32.2. The average molecular weight is 444 g/mol. The smallest absolute Gasteiger partial charge is 0.261 e. The van der Waals surface area contributed by atoms with E-state index in [0.717, 1.165) is 12.0 Å². The maximum atomic E-state index is 13.1. The lowest BCUT2D eigenvalue weighted by molar-refractivity contribution is -0.125. The summed E-state index contributed by atoms with van der Waals surface area (Å²) in [5.74, 6) is -0.0953. The molecule has 1 saturated heterocycles. The molecule has 166 valence electrons. The number of hydrogen-bond donors (Lipinski definition) is 2. The summed E-state index contributed by atoms with van der Waals surface area (Å²) in [7, 11) is -3.77. The maximum absolute atomic E-state index is 13.1. The van der Waals surface area contributed by atoms with Gasteiger partial charge in [0.1, 0.15) is 6.04 Å². The van der Waals surface area contributed by atoms with Crippen LogP contribution >= 0.6 is 0 Å². The number of nitrogens with zero attached hydrogens (tertiary/aromatic N) is 1. The van der Waals surface area contributed by atoms with Gasteiger partial charge in [-0.25, -0.2) is 8.42 Å². The van der Waals surface area contributed by atoms with Crippen molar-refractivity contribution in [3.8, 4) is 0 Å². The molecular formula is C23H29N3O4S. The molecule has 3 rings (SSSR count). The van der Waals surface area contributed by atoms with Gasteiger partial charge in [-0.1, -0.05) is 37.6 Å². The highest BCUT2D eigenvalue weighted by Crippen LogP contribution is 2.23. The molecule has 0 radical (unpaired) electrons. The van der Waals surface area contributed by atoms with Gasteiger partial charge in [0.25, 0.3) is 15.9 Å². The zero-order valence-electron chi connectivity index (χ0n) is 18.1. The normalized spacial score (nSPS) is 16.4. The molecule has 31 heavy (non-hydrogen) atoms. The first kappa shape index (κ1) is 22.8. The van der Waals surface area contributed by atoms with E-state index in [1.54, 1.807) is 35.2 Å². The zero-order valence-corrected chi connectivity index (χ0v) is 18.9. The molecule has 1 fully saturated rings. The number of nitrogens with one attached hydrogen (secondary N) is 2. The van der Waals surface area contributed by atoms with Crippen molar-refractivity contribution in [2.45, 2.75) is 44.6 Å². The molecule has 0 aromatic heterocycles. The predicted molar refractivity (Wildman–Crippen MR) is 120 cm³/mol. The fraction of sp³-hybridized carbons (Fsp3) is 0.391. The Hall–Kier alpha value is -2.87. The fourth-order valence-electron chi connectivity index (χ4n) is 3.52. The fourth-order valence-corrected chi connectivity index (χ4v) is 4.57. The Morgan fingerprint density at radius 3 is 2.52 bits per heavy atom. The topological polar surface area (TPSA) is 95.6 Å². The van der Waals surface area contributed by atoms with Crippen LogP contribution in [0, 0.1) is 12.8 Å². The van der Waals surface area contributed by atoms with Gasteiger partial charge >= 0.3 is 0 Å². The molecule has 1 aliphatic rings. The summed E-state index contributed by atoms with van der Waals surface area (Å²) in [6.07, 6.45) is 1.38. The Morgan fingerprint density at radius 1 is 1.13 bits per heavy atom. The molecule has 0 bridgehead atoms. The van der Waals surface area contributed by atoms with E-state index in [4.69, 9.17) is 0 Å². The van der Waals surface area contributed by atoms with Crippen molar-refractivity contribution in [3.05, 3.63) is 59.7 Å². The third kappa shape index (κ3) is 5.64. The van der Waals surface area contributed by atoms with Crippen LogP contribution in [0.3, 0.4) is 0 Å². The van der Waals surface area contributed by atoms with Gasteiger partial charge in [0.2, 0.25) is 5.91 Å². The van der Waals surface area contributed by atoms with Crippen LogP contribution in [-0.2, 0) is 14.8 Å². The Balaban J connectivity index is 1.75. The number of carbonyl (C=O) groups excluding carboxylic acids is 2. The minimum absolute atomic E-state index is 0.143. The molecule has 1 heterocycles.